The Morgan fingerprint density at radius 3 is 2.92 bits per heavy atom. The Hall–Kier alpha value is -1.09. The molecule has 0 unspecified atom stereocenters. The van der Waals surface area contributed by atoms with Crippen molar-refractivity contribution in [3.05, 3.63) is 24.0 Å². The first-order valence-electron chi connectivity index (χ1n) is 4.59. The van der Waals surface area contributed by atoms with E-state index in [2.05, 4.69) is 4.98 Å². The Balaban J connectivity index is 1.94. The van der Waals surface area contributed by atoms with Crippen molar-refractivity contribution in [2.45, 2.75) is 31.9 Å². The molecular formula is C10H14N2O. The van der Waals surface area contributed by atoms with Crippen molar-refractivity contribution in [1.29, 1.82) is 0 Å². The van der Waals surface area contributed by atoms with Gasteiger partial charge in [-0.05, 0) is 25.8 Å². The van der Waals surface area contributed by atoms with Crippen LogP contribution in [0, 0.1) is 6.92 Å². The maximum absolute atomic E-state index is 5.68. The van der Waals surface area contributed by atoms with Crippen molar-refractivity contribution < 1.29 is 4.74 Å². The van der Waals surface area contributed by atoms with Gasteiger partial charge in [-0.1, -0.05) is 0 Å². The van der Waals surface area contributed by atoms with Gasteiger partial charge in [0, 0.05) is 24.0 Å². The molecule has 1 saturated carbocycles. The molecule has 0 amide bonds. The number of nitrogens with two attached hydrogens (primary N) is 1. The van der Waals surface area contributed by atoms with E-state index >= 15 is 0 Å². The lowest BCUT2D eigenvalue weighted by Crippen LogP contribution is -2.43. The topological polar surface area (TPSA) is 48.1 Å². The smallest absolute Gasteiger partial charge is 0.123 e. The molecule has 13 heavy (non-hydrogen) atoms. The Morgan fingerprint density at radius 1 is 1.54 bits per heavy atom. The van der Waals surface area contributed by atoms with Crippen molar-refractivity contribution >= 4 is 0 Å². The monoisotopic (exact) mass is 178 g/mol. The molecule has 0 atom stereocenters. The van der Waals surface area contributed by atoms with E-state index in [1.54, 1.807) is 6.20 Å². The van der Waals surface area contributed by atoms with Gasteiger partial charge >= 0.3 is 0 Å². The van der Waals surface area contributed by atoms with Crippen LogP contribution in [0.25, 0.3) is 0 Å². The molecule has 0 saturated heterocycles. The van der Waals surface area contributed by atoms with E-state index in [0.717, 1.165) is 24.3 Å². The summed E-state index contributed by atoms with van der Waals surface area (Å²) >= 11 is 0. The van der Waals surface area contributed by atoms with Gasteiger partial charge in [0.2, 0.25) is 0 Å². The lowest BCUT2D eigenvalue weighted by atomic mass is 9.90. The highest BCUT2D eigenvalue weighted by atomic mass is 16.5. The highest BCUT2D eigenvalue weighted by molar-refractivity contribution is 5.22. The quantitative estimate of drug-likeness (QED) is 0.741. The molecule has 0 aromatic carbocycles. The molecular weight excluding hydrogens is 164 g/mol. The van der Waals surface area contributed by atoms with Crippen LogP contribution in [-0.4, -0.2) is 17.1 Å². The van der Waals surface area contributed by atoms with Gasteiger partial charge in [0.15, 0.2) is 0 Å². The molecule has 0 aliphatic heterocycles. The van der Waals surface area contributed by atoms with Gasteiger partial charge in [0.25, 0.3) is 0 Å². The zero-order valence-electron chi connectivity index (χ0n) is 7.73. The summed E-state index contributed by atoms with van der Waals surface area (Å²) in [5.74, 6) is 0.907. The van der Waals surface area contributed by atoms with E-state index in [1.165, 1.54) is 0 Å². The average molecular weight is 178 g/mol. The number of hydrogen-bond donors (Lipinski definition) is 1. The molecule has 3 heteroatoms. The van der Waals surface area contributed by atoms with E-state index in [0.29, 0.717) is 12.1 Å². The normalized spacial score (nSPS) is 26.6. The van der Waals surface area contributed by atoms with Crippen molar-refractivity contribution in [3.8, 4) is 5.75 Å². The van der Waals surface area contributed by atoms with Crippen molar-refractivity contribution in [1.82, 2.24) is 4.98 Å². The van der Waals surface area contributed by atoms with E-state index in [-0.39, 0.29) is 0 Å². The van der Waals surface area contributed by atoms with E-state index in [1.807, 2.05) is 19.1 Å². The van der Waals surface area contributed by atoms with Crippen LogP contribution < -0.4 is 10.5 Å². The summed E-state index contributed by atoms with van der Waals surface area (Å²) in [5, 5.41) is 0. The summed E-state index contributed by atoms with van der Waals surface area (Å²) in [6, 6.07) is 4.17. The zero-order valence-corrected chi connectivity index (χ0v) is 7.73. The van der Waals surface area contributed by atoms with Gasteiger partial charge < -0.3 is 10.5 Å². The molecule has 0 bridgehead atoms. The third-order valence-electron chi connectivity index (χ3n) is 2.30. The minimum Gasteiger partial charge on any atom is -0.490 e. The van der Waals surface area contributed by atoms with Crippen molar-refractivity contribution in [2.75, 3.05) is 0 Å². The van der Waals surface area contributed by atoms with Crippen LogP contribution in [0.15, 0.2) is 18.3 Å². The highest BCUT2D eigenvalue weighted by Crippen LogP contribution is 2.24. The van der Waals surface area contributed by atoms with Crippen LogP contribution >= 0.6 is 0 Å². The zero-order chi connectivity index (χ0) is 9.26. The van der Waals surface area contributed by atoms with Crippen LogP contribution in [0.1, 0.15) is 18.5 Å². The molecule has 3 nitrogen and oxygen atoms in total. The van der Waals surface area contributed by atoms with Gasteiger partial charge in [-0.15, -0.1) is 0 Å². The highest BCUT2D eigenvalue weighted by Gasteiger charge is 2.27. The van der Waals surface area contributed by atoms with Crippen molar-refractivity contribution in [2.24, 2.45) is 5.73 Å². The second kappa shape index (κ2) is 3.34. The second-order valence-electron chi connectivity index (χ2n) is 3.60. The molecule has 1 aromatic rings. The number of rotatable bonds is 2. The number of nitrogens with zero attached hydrogens (tertiary/aromatic N) is 1. The molecule has 1 aromatic heterocycles. The SMILES string of the molecule is Cc1cc(O[C@H]2C[C@@H](N)C2)ccn1. The van der Waals surface area contributed by atoms with Crippen LogP contribution in [0.4, 0.5) is 0 Å². The largest absolute Gasteiger partial charge is 0.490 e. The first kappa shape index (κ1) is 8.51. The number of hydrogen-bond acceptors (Lipinski definition) is 3. The molecule has 1 heterocycles. The Bertz CT molecular complexity index is 295. The van der Waals surface area contributed by atoms with Gasteiger partial charge in [0.05, 0.1) is 0 Å². The molecule has 2 N–H and O–H groups in total. The fourth-order valence-electron chi connectivity index (χ4n) is 1.49. The number of pyridine rings is 1. The fourth-order valence-corrected chi connectivity index (χ4v) is 1.49. The first-order valence-corrected chi connectivity index (χ1v) is 4.59. The first-order chi connectivity index (χ1) is 6.24. The maximum Gasteiger partial charge on any atom is 0.123 e. The van der Waals surface area contributed by atoms with Gasteiger partial charge in [0.1, 0.15) is 11.9 Å². The standard InChI is InChI=1S/C10H14N2O/c1-7-4-9(2-3-12-7)13-10-5-8(11)6-10/h2-4,8,10H,5-6,11H2,1H3/t8-,10+. The summed E-state index contributed by atoms with van der Waals surface area (Å²) in [7, 11) is 0. The summed E-state index contributed by atoms with van der Waals surface area (Å²) in [4.78, 5) is 4.10. The number of ether oxygens (including phenoxy) is 1. The molecule has 70 valence electrons. The third kappa shape index (κ3) is 1.98. The average Bonchev–Trinajstić information content (AvgIpc) is 2.01. The van der Waals surface area contributed by atoms with E-state index in [4.69, 9.17) is 10.5 Å². The van der Waals surface area contributed by atoms with Crippen LogP contribution in [-0.2, 0) is 0 Å². The summed E-state index contributed by atoms with van der Waals surface area (Å²) in [6.07, 6.45) is 4.03. The molecule has 1 fully saturated rings. The maximum atomic E-state index is 5.68. The van der Waals surface area contributed by atoms with Crippen LogP contribution in [0.5, 0.6) is 5.75 Å². The summed E-state index contributed by atoms with van der Waals surface area (Å²) in [5.41, 5.74) is 6.65. The predicted octanol–water partition coefficient (Wildman–Crippen LogP) is 1.26. The molecule has 2 rings (SSSR count). The molecule has 1 aliphatic carbocycles. The van der Waals surface area contributed by atoms with Crippen LogP contribution in [0.3, 0.4) is 0 Å². The Labute approximate surface area is 77.9 Å². The number of aromatic nitrogens is 1. The third-order valence-corrected chi connectivity index (χ3v) is 2.30. The lowest BCUT2D eigenvalue weighted by Gasteiger charge is -2.32. The van der Waals surface area contributed by atoms with Gasteiger partial charge in [-0.25, -0.2) is 0 Å². The van der Waals surface area contributed by atoms with Crippen molar-refractivity contribution in [3.63, 3.8) is 0 Å². The minimum absolute atomic E-state index is 0.316. The van der Waals surface area contributed by atoms with E-state index in [9.17, 15) is 0 Å². The predicted molar refractivity (Wildman–Crippen MR) is 50.6 cm³/mol. The minimum atomic E-state index is 0.316. The lowest BCUT2D eigenvalue weighted by molar-refractivity contribution is 0.101. The Kier molecular flexibility index (Phi) is 2.19. The molecule has 1 aliphatic rings. The number of aryl methyl sites for hydroxylation is 1. The summed E-state index contributed by atoms with van der Waals surface area (Å²) < 4.78 is 5.68. The molecule has 0 spiro atoms. The van der Waals surface area contributed by atoms with Crippen LogP contribution in [0.2, 0.25) is 0 Å². The summed E-state index contributed by atoms with van der Waals surface area (Å²) in [6.45, 7) is 1.96. The fraction of sp³-hybridized carbons (Fsp3) is 0.500. The Morgan fingerprint density at radius 2 is 2.31 bits per heavy atom. The molecule has 0 radical (unpaired) electrons. The van der Waals surface area contributed by atoms with E-state index < -0.39 is 0 Å². The van der Waals surface area contributed by atoms with Gasteiger partial charge in [-0.2, -0.15) is 0 Å². The second-order valence-corrected chi connectivity index (χ2v) is 3.60. The van der Waals surface area contributed by atoms with Gasteiger partial charge in [-0.3, -0.25) is 4.98 Å².